The molecule has 0 unspecified atom stereocenters. The molecule has 4 heteroatoms. The van der Waals surface area contributed by atoms with Crippen molar-refractivity contribution in [2.24, 2.45) is 5.41 Å². The third-order valence-electron chi connectivity index (χ3n) is 7.68. The van der Waals surface area contributed by atoms with Crippen LogP contribution in [0.25, 0.3) is 0 Å². The number of rotatable bonds is 6. The van der Waals surface area contributed by atoms with Crippen molar-refractivity contribution >= 4 is 11.8 Å². The second kappa shape index (κ2) is 7.88. The van der Waals surface area contributed by atoms with Gasteiger partial charge in [-0.25, -0.2) is 0 Å². The van der Waals surface area contributed by atoms with Crippen molar-refractivity contribution in [2.45, 2.75) is 82.6 Å². The average molecular weight is 383 g/mol. The molecule has 3 aliphatic rings. The van der Waals surface area contributed by atoms with Gasteiger partial charge in [0, 0.05) is 31.0 Å². The van der Waals surface area contributed by atoms with Gasteiger partial charge in [0.05, 0.1) is 5.41 Å². The number of piperidine rings is 1. The van der Waals surface area contributed by atoms with Gasteiger partial charge in [-0.15, -0.1) is 0 Å². The van der Waals surface area contributed by atoms with Gasteiger partial charge < -0.3 is 10.2 Å². The summed E-state index contributed by atoms with van der Waals surface area (Å²) in [6.45, 7) is 3.72. The molecule has 2 amide bonds. The van der Waals surface area contributed by atoms with Gasteiger partial charge in [0.25, 0.3) is 0 Å². The van der Waals surface area contributed by atoms with E-state index in [1.54, 1.807) is 0 Å². The zero-order valence-corrected chi connectivity index (χ0v) is 17.2. The van der Waals surface area contributed by atoms with Crippen LogP contribution in [0.3, 0.4) is 0 Å². The summed E-state index contributed by atoms with van der Waals surface area (Å²) in [6, 6.07) is 10.7. The molecule has 152 valence electrons. The van der Waals surface area contributed by atoms with Crippen LogP contribution in [0.1, 0.15) is 76.7 Å². The fraction of sp³-hybridized carbons (Fsp3) is 0.667. The summed E-state index contributed by atoms with van der Waals surface area (Å²) in [5, 5.41) is 3.40. The number of carbonyl (C=O) groups is 2. The van der Waals surface area contributed by atoms with E-state index in [1.165, 1.54) is 0 Å². The number of fused-ring (bicyclic) bond motifs is 1. The summed E-state index contributed by atoms with van der Waals surface area (Å²) in [6.07, 6.45) is 10.1. The maximum Gasteiger partial charge on any atom is 0.230 e. The van der Waals surface area contributed by atoms with Gasteiger partial charge in [-0.2, -0.15) is 0 Å². The number of nitrogens with zero attached hydrogens (tertiary/aromatic N) is 1. The second-order valence-electron chi connectivity index (χ2n) is 9.20. The highest BCUT2D eigenvalue weighted by atomic mass is 16.2. The molecule has 1 N–H and O–H groups in total. The SMILES string of the molecule is CCCN1C(=O)CC[C@]2(CNC(=O)C3(c4ccccc4)CCCC3)CCC[C@@H]12. The first-order valence-corrected chi connectivity index (χ1v) is 11.2. The van der Waals surface area contributed by atoms with Crippen LogP contribution in [0.15, 0.2) is 30.3 Å². The van der Waals surface area contributed by atoms with E-state index in [9.17, 15) is 9.59 Å². The number of nitrogens with one attached hydrogen (secondary N) is 1. The lowest BCUT2D eigenvalue weighted by atomic mass is 9.73. The first kappa shape index (κ1) is 19.5. The highest BCUT2D eigenvalue weighted by Crippen LogP contribution is 2.48. The van der Waals surface area contributed by atoms with Crippen LogP contribution < -0.4 is 5.32 Å². The van der Waals surface area contributed by atoms with Crippen LogP contribution >= 0.6 is 0 Å². The van der Waals surface area contributed by atoms with Gasteiger partial charge in [-0.05, 0) is 44.1 Å². The maximum absolute atomic E-state index is 13.5. The Balaban J connectivity index is 1.51. The van der Waals surface area contributed by atoms with Crippen LogP contribution in [0, 0.1) is 5.41 Å². The van der Waals surface area contributed by atoms with E-state index in [4.69, 9.17) is 0 Å². The molecule has 1 saturated heterocycles. The van der Waals surface area contributed by atoms with Crippen LogP contribution in [0.2, 0.25) is 0 Å². The molecule has 0 bridgehead atoms. The lowest BCUT2D eigenvalue weighted by Crippen LogP contribution is -2.57. The Morgan fingerprint density at radius 3 is 2.57 bits per heavy atom. The van der Waals surface area contributed by atoms with Crippen molar-refractivity contribution in [2.75, 3.05) is 13.1 Å². The standard InChI is InChI=1S/C24H34N2O2/c1-2-17-26-20-11-8-13-23(20,16-12-21(26)27)18-25-22(28)24(14-6-7-15-24)19-9-4-3-5-10-19/h3-5,9-10,20H,2,6-8,11-18H2,1H3,(H,25,28)/t20-,23+/m1/s1. The molecule has 1 aromatic rings. The molecule has 0 radical (unpaired) electrons. The Bertz CT molecular complexity index is 711. The minimum atomic E-state index is -0.362. The molecular weight excluding hydrogens is 348 g/mol. The molecule has 0 aromatic heterocycles. The minimum Gasteiger partial charge on any atom is -0.355 e. The first-order valence-electron chi connectivity index (χ1n) is 11.2. The number of carbonyl (C=O) groups excluding carboxylic acids is 2. The predicted octanol–water partition coefficient (Wildman–Crippen LogP) is 4.19. The Hall–Kier alpha value is -1.84. The van der Waals surface area contributed by atoms with E-state index in [2.05, 4.69) is 29.3 Å². The third kappa shape index (κ3) is 3.25. The highest BCUT2D eigenvalue weighted by Gasteiger charge is 2.51. The summed E-state index contributed by atoms with van der Waals surface area (Å²) in [7, 11) is 0. The molecule has 0 spiro atoms. The lowest BCUT2D eigenvalue weighted by Gasteiger charge is -2.47. The van der Waals surface area contributed by atoms with Crippen LogP contribution in [0.4, 0.5) is 0 Å². The van der Waals surface area contributed by atoms with Crippen LogP contribution in [0.5, 0.6) is 0 Å². The lowest BCUT2D eigenvalue weighted by molar-refractivity contribution is -0.142. The highest BCUT2D eigenvalue weighted by molar-refractivity contribution is 5.88. The van der Waals surface area contributed by atoms with Crippen molar-refractivity contribution in [3.8, 4) is 0 Å². The number of amides is 2. The normalized spacial score (nSPS) is 29.0. The molecule has 4 nitrogen and oxygen atoms in total. The minimum absolute atomic E-state index is 0.0786. The zero-order chi connectivity index (χ0) is 19.6. The Morgan fingerprint density at radius 2 is 1.86 bits per heavy atom. The Morgan fingerprint density at radius 1 is 1.11 bits per heavy atom. The van der Waals surface area contributed by atoms with Gasteiger partial charge in [-0.3, -0.25) is 9.59 Å². The van der Waals surface area contributed by atoms with Crippen molar-refractivity contribution < 1.29 is 9.59 Å². The fourth-order valence-electron chi connectivity index (χ4n) is 6.20. The van der Waals surface area contributed by atoms with Gasteiger partial charge in [-0.1, -0.05) is 56.5 Å². The average Bonchev–Trinajstić information content (AvgIpc) is 3.38. The summed E-state index contributed by atoms with van der Waals surface area (Å²) < 4.78 is 0. The predicted molar refractivity (Wildman–Crippen MR) is 111 cm³/mol. The topological polar surface area (TPSA) is 49.4 Å². The number of hydrogen-bond donors (Lipinski definition) is 1. The van der Waals surface area contributed by atoms with E-state index in [-0.39, 0.29) is 16.7 Å². The van der Waals surface area contributed by atoms with Crippen molar-refractivity contribution in [1.29, 1.82) is 0 Å². The van der Waals surface area contributed by atoms with Gasteiger partial charge in [0.15, 0.2) is 0 Å². The van der Waals surface area contributed by atoms with Gasteiger partial charge in [0.2, 0.25) is 11.8 Å². The Kier molecular flexibility index (Phi) is 5.48. The number of likely N-dealkylation sites (tertiary alicyclic amines) is 1. The van der Waals surface area contributed by atoms with E-state index < -0.39 is 0 Å². The van der Waals surface area contributed by atoms with Crippen LogP contribution in [-0.2, 0) is 15.0 Å². The third-order valence-corrected chi connectivity index (χ3v) is 7.68. The Labute approximate surface area is 169 Å². The number of hydrogen-bond acceptors (Lipinski definition) is 2. The largest absolute Gasteiger partial charge is 0.355 e. The summed E-state index contributed by atoms with van der Waals surface area (Å²) in [5.74, 6) is 0.516. The molecule has 1 aromatic carbocycles. The first-order chi connectivity index (χ1) is 13.6. The molecule has 1 heterocycles. The van der Waals surface area contributed by atoms with E-state index >= 15 is 0 Å². The molecule has 3 fully saturated rings. The fourth-order valence-corrected chi connectivity index (χ4v) is 6.20. The molecule has 2 atom stereocenters. The summed E-state index contributed by atoms with van der Waals surface area (Å²) in [5.41, 5.74) is 0.881. The molecule has 4 rings (SSSR count). The van der Waals surface area contributed by atoms with Crippen molar-refractivity contribution in [3.05, 3.63) is 35.9 Å². The van der Waals surface area contributed by atoms with Crippen molar-refractivity contribution in [1.82, 2.24) is 10.2 Å². The zero-order valence-electron chi connectivity index (χ0n) is 17.2. The maximum atomic E-state index is 13.5. The van der Waals surface area contributed by atoms with Gasteiger partial charge in [0.1, 0.15) is 0 Å². The van der Waals surface area contributed by atoms with E-state index in [1.807, 2.05) is 18.2 Å². The van der Waals surface area contributed by atoms with Crippen LogP contribution in [-0.4, -0.2) is 35.8 Å². The summed E-state index contributed by atoms with van der Waals surface area (Å²) >= 11 is 0. The van der Waals surface area contributed by atoms with E-state index in [0.29, 0.717) is 18.4 Å². The molecule has 1 aliphatic heterocycles. The molecular formula is C24H34N2O2. The molecule has 2 saturated carbocycles. The number of benzene rings is 1. The second-order valence-corrected chi connectivity index (χ2v) is 9.20. The van der Waals surface area contributed by atoms with E-state index in [0.717, 1.165) is 76.4 Å². The summed E-state index contributed by atoms with van der Waals surface area (Å²) in [4.78, 5) is 28.1. The monoisotopic (exact) mass is 382 g/mol. The molecule has 28 heavy (non-hydrogen) atoms. The van der Waals surface area contributed by atoms with Gasteiger partial charge >= 0.3 is 0 Å². The smallest absolute Gasteiger partial charge is 0.230 e. The van der Waals surface area contributed by atoms with Crippen molar-refractivity contribution in [3.63, 3.8) is 0 Å². The molecule has 2 aliphatic carbocycles. The quantitative estimate of drug-likeness (QED) is 0.802.